The molecule has 0 bridgehead atoms. The first-order chi connectivity index (χ1) is 9.70. The summed E-state index contributed by atoms with van der Waals surface area (Å²) in [7, 11) is 1.97. The van der Waals surface area contributed by atoms with Crippen LogP contribution in [0, 0.1) is 6.92 Å². The summed E-state index contributed by atoms with van der Waals surface area (Å²) in [6.45, 7) is 4.30. The Hall–Kier alpha value is -1.77. The zero-order chi connectivity index (χ0) is 14.4. The molecule has 3 nitrogen and oxygen atoms in total. The predicted octanol–water partition coefficient (Wildman–Crippen LogP) is 4.46. The van der Waals surface area contributed by atoms with E-state index in [1.165, 1.54) is 24.8 Å². The normalized spacial score (nSPS) is 12.3. The van der Waals surface area contributed by atoms with Gasteiger partial charge in [-0.1, -0.05) is 56.5 Å². The van der Waals surface area contributed by atoms with Crippen LogP contribution >= 0.6 is 0 Å². The molecule has 0 spiro atoms. The lowest BCUT2D eigenvalue weighted by atomic mass is 10.00. The van der Waals surface area contributed by atoms with Crippen LogP contribution in [0.4, 0.5) is 5.69 Å². The van der Waals surface area contributed by atoms with E-state index in [2.05, 4.69) is 60.8 Å². The van der Waals surface area contributed by atoms with Crippen LogP contribution in [0.25, 0.3) is 0 Å². The van der Waals surface area contributed by atoms with Crippen molar-refractivity contribution in [3.63, 3.8) is 0 Å². The quantitative estimate of drug-likeness (QED) is 0.753. The Morgan fingerprint density at radius 2 is 1.95 bits per heavy atom. The number of benzene rings is 1. The number of rotatable bonds is 7. The van der Waals surface area contributed by atoms with Gasteiger partial charge in [-0.2, -0.15) is 5.10 Å². The van der Waals surface area contributed by atoms with Gasteiger partial charge in [0.1, 0.15) is 0 Å². The van der Waals surface area contributed by atoms with Crippen LogP contribution in [0.5, 0.6) is 0 Å². The molecule has 0 aliphatic carbocycles. The highest BCUT2D eigenvalue weighted by atomic mass is 15.3. The molecule has 1 N–H and O–H groups in total. The maximum absolute atomic E-state index is 4.41. The molecular weight excluding hydrogens is 246 g/mol. The van der Waals surface area contributed by atoms with Crippen molar-refractivity contribution in [2.75, 3.05) is 5.32 Å². The first-order valence-corrected chi connectivity index (χ1v) is 7.52. The van der Waals surface area contributed by atoms with E-state index in [0.717, 1.165) is 17.8 Å². The molecule has 0 radical (unpaired) electrons. The molecule has 0 aliphatic heterocycles. The molecule has 0 fully saturated rings. The molecule has 1 unspecified atom stereocenters. The van der Waals surface area contributed by atoms with Crippen LogP contribution < -0.4 is 5.32 Å². The highest BCUT2D eigenvalue weighted by Crippen LogP contribution is 2.26. The molecule has 2 rings (SSSR count). The van der Waals surface area contributed by atoms with Crippen molar-refractivity contribution in [3.05, 3.63) is 47.8 Å². The molecule has 0 saturated heterocycles. The summed E-state index contributed by atoms with van der Waals surface area (Å²) in [5.41, 5.74) is 3.55. The van der Waals surface area contributed by atoms with Crippen LogP contribution in [0.15, 0.2) is 36.5 Å². The van der Waals surface area contributed by atoms with Gasteiger partial charge in [-0.05, 0) is 18.9 Å². The number of unbranched alkanes of at least 4 members (excludes halogenated alkanes) is 2. The van der Waals surface area contributed by atoms with E-state index < -0.39 is 0 Å². The standard InChI is InChI=1S/C17H25N3/c1-4-5-7-12-16(15-10-8-6-9-11-15)18-17-13-20(3)19-14(17)2/h6,8-11,13,16,18H,4-5,7,12H2,1-3H3. The Morgan fingerprint density at radius 1 is 1.20 bits per heavy atom. The maximum atomic E-state index is 4.41. The van der Waals surface area contributed by atoms with Crippen molar-refractivity contribution in [2.45, 2.75) is 45.6 Å². The fourth-order valence-corrected chi connectivity index (χ4v) is 2.53. The van der Waals surface area contributed by atoms with Gasteiger partial charge in [0.25, 0.3) is 0 Å². The molecule has 0 aliphatic rings. The molecule has 0 saturated carbocycles. The van der Waals surface area contributed by atoms with Gasteiger partial charge in [-0.25, -0.2) is 0 Å². The molecule has 0 amide bonds. The molecule has 20 heavy (non-hydrogen) atoms. The average molecular weight is 271 g/mol. The van der Waals surface area contributed by atoms with Crippen LogP contribution in [-0.4, -0.2) is 9.78 Å². The summed E-state index contributed by atoms with van der Waals surface area (Å²) in [4.78, 5) is 0. The Morgan fingerprint density at radius 3 is 2.55 bits per heavy atom. The van der Waals surface area contributed by atoms with Gasteiger partial charge in [0, 0.05) is 13.2 Å². The third-order valence-corrected chi connectivity index (χ3v) is 3.64. The van der Waals surface area contributed by atoms with E-state index in [0.29, 0.717) is 6.04 Å². The lowest BCUT2D eigenvalue weighted by Gasteiger charge is -2.20. The topological polar surface area (TPSA) is 29.9 Å². The van der Waals surface area contributed by atoms with E-state index in [1.807, 2.05) is 11.7 Å². The van der Waals surface area contributed by atoms with Crippen molar-refractivity contribution < 1.29 is 0 Å². The van der Waals surface area contributed by atoms with Gasteiger partial charge in [-0.3, -0.25) is 4.68 Å². The van der Waals surface area contributed by atoms with Gasteiger partial charge in [0.05, 0.1) is 17.4 Å². The molecule has 1 heterocycles. The predicted molar refractivity (Wildman–Crippen MR) is 84.9 cm³/mol. The van der Waals surface area contributed by atoms with Crippen molar-refractivity contribution in [2.24, 2.45) is 7.05 Å². The van der Waals surface area contributed by atoms with Gasteiger partial charge in [0.15, 0.2) is 0 Å². The maximum Gasteiger partial charge on any atom is 0.0825 e. The number of hydrogen-bond donors (Lipinski definition) is 1. The number of aryl methyl sites for hydroxylation is 2. The second kappa shape index (κ2) is 7.13. The SMILES string of the molecule is CCCCCC(Nc1cn(C)nc1C)c1ccccc1. The van der Waals surface area contributed by atoms with E-state index in [-0.39, 0.29) is 0 Å². The van der Waals surface area contributed by atoms with E-state index in [4.69, 9.17) is 0 Å². The lowest BCUT2D eigenvalue weighted by molar-refractivity contribution is 0.606. The first-order valence-electron chi connectivity index (χ1n) is 7.52. The van der Waals surface area contributed by atoms with Gasteiger partial charge in [-0.15, -0.1) is 0 Å². The Balaban J connectivity index is 2.12. The fourth-order valence-electron chi connectivity index (χ4n) is 2.53. The second-order valence-electron chi connectivity index (χ2n) is 5.41. The summed E-state index contributed by atoms with van der Waals surface area (Å²) in [5, 5.41) is 8.07. The minimum atomic E-state index is 0.366. The lowest BCUT2D eigenvalue weighted by Crippen LogP contribution is -2.11. The van der Waals surface area contributed by atoms with E-state index >= 15 is 0 Å². The Labute approximate surface area is 122 Å². The number of nitrogens with zero attached hydrogens (tertiary/aromatic N) is 2. The van der Waals surface area contributed by atoms with Crippen molar-refractivity contribution in [1.29, 1.82) is 0 Å². The smallest absolute Gasteiger partial charge is 0.0825 e. The van der Waals surface area contributed by atoms with E-state index in [1.54, 1.807) is 0 Å². The Kier molecular flexibility index (Phi) is 5.22. The second-order valence-corrected chi connectivity index (χ2v) is 5.41. The fraction of sp³-hybridized carbons (Fsp3) is 0.471. The highest BCUT2D eigenvalue weighted by Gasteiger charge is 2.13. The largest absolute Gasteiger partial charge is 0.375 e. The number of aromatic nitrogens is 2. The summed E-state index contributed by atoms with van der Waals surface area (Å²) in [5.74, 6) is 0. The third-order valence-electron chi connectivity index (χ3n) is 3.64. The average Bonchev–Trinajstić information content (AvgIpc) is 2.77. The number of nitrogens with one attached hydrogen (secondary N) is 1. The number of hydrogen-bond acceptors (Lipinski definition) is 2. The molecule has 2 aromatic rings. The Bertz CT molecular complexity index is 516. The molecule has 1 aromatic heterocycles. The van der Waals surface area contributed by atoms with Gasteiger partial charge in [0.2, 0.25) is 0 Å². The summed E-state index contributed by atoms with van der Waals surface area (Å²) in [6, 6.07) is 11.1. The highest BCUT2D eigenvalue weighted by molar-refractivity contribution is 5.47. The van der Waals surface area contributed by atoms with Crippen LogP contribution in [0.2, 0.25) is 0 Å². The van der Waals surface area contributed by atoms with Crippen molar-refractivity contribution >= 4 is 5.69 Å². The zero-order valence-electron chi connectivity index (χ0n) is 12.8. The minimum Gasteiger partial charge on any atom is -0.375 e. The van der Waals surface area contributed by atoms with Gasteiger partial charge < -0.3 is 5.32 Å². The van der Waals surface area contributed by atoms with Crippen LogP contribution in [0.3, 0.4) is 0 Å². The zero-order valence-corrected chi connectivity index (χ0v) is 12.8. The van der Waals surface area contributed by atoms with E-state index in [9.17, 15) is 0 Å². The molecular formula is C17H25N3. The first kappa shape index (κ1) is 14.6. The molecule has 1 aromatic carbocycles. The minimum absolute atomic E-state index is 0.366. The molecule has 108 valence electrons. The van der Waals surface area contributed by atoms with Crippen molar-refractivity contribution in [3.8, 4) is 0 Å². The summed E-state index contributed by atoms with van der Waals surface area (Å²) < 4.78 is 1.87. The summed E-state index contributed by atoms with van der Waals surface area (Å²) in [6.07, 6.45) is 7.02. The molecule has 3 heteroatoms. The summed E-state index contributed by atoms with van der Waals surface area (Å²) >= 11 is 0. The third kappa shape index (κ3) is 3.86. The van der Waals surface area contributed by atoms with Crippen molar-refractivity contribution in [1.82, 2.24) is 9.78 Å². The van der Waals surface area contributed by atoms with Gasteiger partial charge >= 0.3 is 0 Å². The van der Waals surface area contributed by atoms with Crippen LogP contribution in [-0.2, 0) is 7.05 Å². The van der Waals surface area contributed by atoms with Crippen LogP contribution in [0.1, 0.15) is 49.9 Å². The monoisotopic (exact) mass is 271 g/mol. The number of anilines is 1. The molecule has 1 atom stereocenters.